The quantitative estimate of drug-likeness (QED) is 0.600. The summed E-state index contributed by atoms with van der Waals surface area (Å²) in [7, 11) is 0. The number of thioether (sulfide) groups is 1. The zero-order valence-electron chi connectivity index (χ0n) is 9.68. The number of nitrogen functional groups attached to an aromatic ring is 1. The average molecular weight is 284 g/mol. The van der Waals surface area contributed by atoms with Crippen molar-refractivity contribution >= 4 is 29.6 Å². The van der Waals surface area contributed by atoms with Gasteiger partial charge in [-0.3, -0.25) is 9.59 Å². The van der Waals surface area contributed by atoms with Crippen LogP contribution in [-0.2, 0) is 9.59 Å². The molecule has 0 radical (unpaired) electrons. The Hall–Kier alpha value is -1.77. The number of aromatic amines is 1. The predicted molar refractivity (Wildman–Crippen MR) is 64.3 cm³/mol. The number of carbonyl (C=O) groups is 2. The minimum atomic E-state index is -0.920. The first kappa shape index (κ1) is 12.3. The van der Waals surface area contributed by atoms with Gasteiger partial charge in [0.05, 0.1) is 11.8 Å². The second-order valence-corrected chi connectivity index (χ2v) is 6.07. The van der Waals surface area contributed by atoms with Crippen molar-refractivity contribution < 1.29 is 19.8 Å². The van der Waals surface area contributed by atoms with E-state index < -0.39 is 23.8 Å². The lowest BCUT2D eigenvalue weighted by molar-refractivity contribution is -0.143. The molecule has 0 saturated heterocycles. The van der Waals surface area contributed by atoms with Crippen molar-refractivity contribution in [2.45, 2.75) is 16.8 Å². The standard InChI is InChI=1S/C10H12N4O4S/c11-9-12-10(14-13-9)19-3-1-2(7(15)16)4-5(3)6(4)8(17)18/h2-6H,1H2,(H,15,16)(H,17,18)(H3,11,12,13,14). The smallest absolute Gasteiger partial charge is 0.307 e. The molecule has 1 aromatic rings. The van der Waals surface area contributed by atoms with Gasteiger partial charge in [0, 0.05) is 5.25 Å². The van der Waals surface area contributed by atoms with Crippen molar-refractivity contribution in [2.24, 2.45) is 23.7 Å². The highest BCUT2D eigenvalue weighted by atomic mass is 32.2. The lowest BCUT2D eigenvalue weighted by atomic mass is 10.0. The Labute approximate surface area is 111 Å². The van der Waals surface area contributed by atoms with Gasteiger partial charge < -0.3 is 15.9 Å². The van der Waals surface area contributed by atoms with E-state index in [1.807, 2.05) is 0 Å². The summed E-state index contributed by atoms with van der Waals surface area (Å²) < 4.78 is 0. The fourth-order valence-electron chi connectivity index (χ4n) is 3.09. The fraction of sp³-hybridized carbons (Fsp3) is 0.600. The van der Waals surface area contributed by atoms with E-state index in [9.17, 15) is 9.59 Å². The van der Waals surface area contributed by atoms with E-state index in [1.54, 1.807) is 0 Å². The number of aromatic nitrogens is 3. The summed E-state index contributed by atoms with van der Waals surface area (Å²) in [5, 5.41) is 25.0. The number of nitrogens with one attached hydrogen (secondary N) is 1. The van der Waals surface area contributed by atoms with Crippen molar-refractivity contribution in [3.05, 3.63) is 0 Å². The zero-order chi connectivity index (χ0) is 13.7. The van der Waals surface area contributed by atoms with E-state index >= 15 is 0 Å². The molecule has 102 valence electrons. The van der Waals surface area contributed by atoms with Gasteiger partial charge in [0.2, 0.25) is 11.1 Å². The Morgan fingerprint density at radius 1 is 1.32 bits per heavy atom. The Morgan fingerprint density at radius 2 is 2.05 bits per heavy atom. The third-order valence-electron chi connectivity index (χ3n) is 3.85. The molecule has 2 aliphatic rings. The molecule has 0 amide bonds. The fourth-order valence-corrected chi connectivity index (χ4v) is 4.42. The van der Waals surface area contributed by atoms with Crippen molar-refractivity contribution in [3.8, 4) is 0 Å². The van der Waals surface area contributed by atoms with Crippen molar-refractivity contribution in [1.29, 1.82) is 0 Å². The molecule has 1 aromatic heterocycles. The normalized spacial score (nSPS) is 35.9. The molecule has 2 aliphatic carbocycles. The maximum absolute atomic E-state index is 11.1. The summed E-state index contributed by atoms with van der Waals surface area (Å²) in [5.74, 6) is -3.15. The SMILES string of the molecule is Nc1nc(SC2CC(C(=O)O)C3C(C(=O)O)C23)n[nH]1. The number of H-pyrrole nitrogens is 1. The van der Waals surface area contributed by atoms with Crippen LogP contribution in [0.5, 0.6) is 0 Å². The molecule has 2 fully saturated rings. The lowest BCUT2D eigenvalue weighted by Crippen LogP contribution is -2.21. The van der Waals surface area contributed by atoms with Gasteiger partial charge in [-0.25, -0.2) is 5.10 Å². The van der Waals surface area contributed by atoms with Crippen LogP contribution >= 0.6 is 11.8 Å². The van der Waals surface area contributed by atoms with E-state index in [1.165, 1.54) is 11.8 Å². The molecule has 2 saturated carbocycles. The summed E-state index contributed by atoms with van der Waals surface area (Å²) in [5.41, 5.74) is 5.42. The minimum absolute atomic E-state index is 0.0811. The van der Waals surface area contributed by atoms with Gasteiger partial charge in [-0.2, -0.15) is 4.98 Å². The number of carboxylic acid groups (broad SMARTS) is 2. The third kappa shape index (κ3) is 1.93. The highest BCUT2D eigenvalue weighted by molar-refractivity contribution is 7.99. The number of hydrogen-bond acceptors (Lipinski definition) is 6. The first-order valence-electron chi connectivity index (χ1n) is 5.79. The van der Waals surface area contributed by atoms with Crippen LogP contribution in [0.1, 0.15) is 6.42 Å². The molecule has 8 nitrogen and oxygen atoms in total. The van der Waals surface area contributed by atoms with Crippen LogP contribution in [0.15, 0.2) is 5.16 Å². The summed E-state index contributed by atoms with van der Waals surface area (Å²) in [6.07, 6.45) is 0.452. The number of rotatable bonds is 4. The number of carboxylic acids is 2. The van der Waals surface area contributed by atoms with Crippen LogP contribution in [0.25, 0.3) is 0 Å². The van der Waals surface area contributed by atoms with Crippen LogP contribution < -0.4 is 5.73 Å². The lowest BCUT2D eigenvalue weighted by Gasteiger charge is -2.13. The van der Waals surface area contributed by atoms with Crippen LogP contribution in [0, 0.1) is 23.7 Å². The number of aliphatic carboxylic acids is 2. The van der Waals surface area contributed by atoms with E-state index in [0.717, 1.165) is 0 Å². The zero-order valence-corrected chi connectivity index (χ0v) is 10.5. The van der Waals surface area contributed by atoms with E-state index in [0.29, 0.717) is 11.6 Å². The maximum atomic E-state index is 11.1. The Morgan fingerprint density at radius 3 is 2.58 bits per heavy atom. The van der Waals surface area contributed by atoms with Gasteiger partial charge >= 0.3 is 11.9 Å². The van der Waals surface area contributed by atoms with Crippen LogP contribution in [0.2, 0.25) is 0 Å². The van der Waals surface area contributed by atoms with Crippen molar-refractivity contribution in [1.82, 2.24) is 15.2 Å². The number of hydrogen-bond donors (Lipinski definition) is 4. The molecule has 0 aliphatic heterocycles. The van der Waals surface area contributed by atoms with Gasteiger partial charge in [0.15, 0.2) is 0 Å². The van der Waals surface area contributed by atoms with Crippen LogP contribution in [-0.4, -0.2) is 42.6 Å². The average Bonchev–Trinajstić information content (AvgIpc) is 2.77. The van der Waals surface area contributed by atoms with Gasteiger partial charge in [-0.05, 0) is 18.3 Å². The molecule has 0 spiro atoms. The Balaban J connectivity index is 1.76. The number of fused-ring (bicyclic) bond motifs is 1. The molecule has 5 N–H and O–H groups in total. The molecular weight excluding hydrogens is 272 g/mol. The Bertz CT molecular complexity index is 547. The molecule has 1 heterocycles. The van der Waals surface area contributed by atoms with Crippen molar-refractivity contribution in [2.75, 3.05) is 5.73 Å². The highest BCUT2D eigenvalue weighted by Gasteiger charge is 2.68. The molecule has 9 heteroatoms. The second-order valence-electron chi connectivity index (χ2n) is 4.86. The first-order chi connectivity index (χ1) is 8.99. The number of anilines is 1. The summed E-state index contributed by atoms with van der Waals surface area (Å²) in [4.78, 5) is 26.2. The topological polar surface area (TPSA) is 142 Å². The number of nitrogens with zero attached hydrogens (tertiary/aromatic N) is 2. The molecule has 5 unspecified atom stereocenters. The highest BCUT2D eigenvalue weighted by Crippen LogP contribution is 2.64. The van der Waals surface area contributed by atoms with Gasteiger partial charge in [0.1, 0.15) is 0 Å². The molecule has 19 heavy (non-hydrogen) atoms. The molecule has 0 bridgehead atoms. The second kappa shape index (κ2) is 4.12. The van der Waals surface area contributed by atoms with Gasteiger partial charge in [-0.15, -0.1) is 5.10 Å². The van der Waals surface area contributed by atoms with Gasteiger partial charge in [0.25, 0.3) is 0 Å². The largest absolute Gasteiger partial charge is 0.481 e. The first-order valence-corrected chi connectivity index (χ1v) is 6.67. The van der Waals surface area contributed by atoms with Crippen LogP contribution in [0.4, 0.5) is 5.95 Å². The summed E-state index contributed by atoms with van der Waals surface area (Å²) >= 11 is 1.30. The van der Waals surface area contributed by atoms with Crippen molar-refractivity contribution in [3.63, 3.8) is 0 Å². The molecule has 3 rings (SSSR count). The van der Waals surface area contributed by atoms with Crippen LogP contribution in [0.3, 0.4) is 0 Å². The predicted octanol–water partition coefficient (Wildman–Crippen LogP) is -0.101. The minimum Gasteiger partial charge on any atom is -0.481 e. The van der Waals surface area contributed by atoms with E-state index in [-0.39, 0.29) is 23.0 Å². The summed E-state index contributed by atoms with van der Waals surface area (Å²) in [6, 6.07) is 0. The van der Waals surface area contributed by atoms with E-state index in [2.05, 4.69) is 15.2 Å². The third-order valence-corrected chi connectivity index (χ3v) is 5.06. The molecule has 5 atom stereocenters. The summed E-state index contributed by atoms with van der Waals surface area (Å²) in [6.45, 7) is 0. The van der Waals surface area contributed by atoms with Gasteiger partial charge in [-0.1, -0.05) is 11.8 Å². The monoisotopic (exact) mass is 284 g/mol. The maximum Gasteiger partial charge on any atom is 0.307 e. The molecule has 0 aromatic carbocycles. The Kier molecular flexibility index (Phi) is 2.66. The molecular formula is C10H12N4O4S. The number of nitrogens with two attached hydrogens (primary N) is 1. The van der Waals surface area contributed by atoms with E-state index in [4.69, 9.17) is 15.9 Å².